The van der Waals surface area contributed by atoms with Crippen LogP contribution in [-0.4, -0.2) is 10.3 Å². The van der Waals surface area contributed by atoms with Crippen LogP contribution in [0, 0.1) is 10.1 Å². The lowest BCUT2D eigenvalue weighted by Crippen LogP contribution is -2.19. The van der Waals surface area contributed by atoms with E-state index in [0.717, 1.165) is 5.56 Å². The second-order valence-electron chi connectivity index (χ2n) is 2.17. The summed E-state index contributed by atoms with van der Waals surface area (Å²) in [5.74, 6) is 0. The number of nitrogens with two attached hydrogens (primary N) is 2. The largest absolute Gasteiger partial charge is 0.328 e. The van der Waals surface area contributed by atoms with Gasteiger partial charge >= 0.3 is 0 Å². The van der Waals surface area contributed by atoms with Crippen LogP contribution >= 0.6 is 0 Å². The van der Waals surface area contributed by atoms with Gasteiger partial charge in [0.15, 0.2) is 0 Å². The standard InChI is InChI=1S/C7H10N2.HNO3/c8-7(9)6-4-2-1-3-5-6;2-1(3)4/h1-5,7H,8-9H2;(H,2,3,4). The molecular weight excluding hydrogens is 174 g/mol. The number of benzene rings is 1. The van der Waals surface area contributed by atoms with Gasteiger partial charge in [-0.15, -0.1) is 10.1 Å². The van der Waals surface area contributed by atoms with E-state index in [0.29, 0.717) is 0 Å². The molecular formula is C7H11N3O3. The summed E-state index contributed by atoms with van der Waals surface area (Å²) in [5, 5.41) is 13.6. The molecule has 0 saturated heterocycles. The topological polar surface area (TPSA) is 115 Å². The minimum absolute atomic E-state index is 0.341. The summed E-state index contributed by atoms with van der Waals surface area (Å²) < 4.78 is 0. The molecule has 1 rings (SSSR count). The first-order valence-corrected chi connectivity index (χ1v) is 3.43. The van der Waals surface area contributed by atoms with Gasteiger partial charge in [-0.3, -0.25) is 0 Å². The number of rotatable bonds is 1. The van der Waals surface area contributed by atoms with Crippen LogP contribution < -0.4 is 11.5 Å². The molecule has 0 bridgehead atoms. The lowest BCUT2D eigenvalue weighted by molar-refractivity contribution is -0.742. The molecule has 0 aromatic heterocycles. The zero-order valence-electron chi connectivity index (χ0n) is 6.83. The minimum atomic E-state index is -1.50. The summed E-state index contributed by atoms with van der Waals surface area (Å²) in [6.45, 7) is 0. The van der Waals surface area contributed by atoms with Crippen molar-refractivity contribution in [3.8, 4) is 0 Å². The summed E-state index contributed by atoms with van der Waals surface area (Å²) in [4.78, 5) is 8.36. The Balaban J connectivity index is 0.000000310. The number of hydrogen-bond acceptors (Lipinski definition) is 4. The first-order chi connectivity index (χ1) is 6.04. The summed E-state index contributed by atoms with van der Waals surface area (Å²) in [5.41, 5.74) is 11.8. The van der Waals surface area contributed by atoms with Gasteiger partial charge in [-0.1, -0.05) is 30.3 Å². The third-order valence-electron chi connectivity index (χ3n) is 1.18. The summed E-state index contributed by atoms with van der Waals surface area (Å²) in [6.07, 6.45) is -0.341. The van der Waals surface area contributed by atoms with Crippen LogP contribution in [0.15, 0.2) is 30.3 Å². The molecule has 0 fully saturated rings. The van der Waals surface area contributed by atoms with E-state index in [1.807, 2.05) is 30.3 Å². The third-order valence-corrected chi connectivity index (χ3v) is 1.18. The molecule has 1 aromatic rings. The molecule has 6 nitrogen and oxygen atoms in total. The van der Waals surface area contributed by atoms with Crippen molar-refractivity contribution in [2.75, 3.05) is 0 Å². The summed E-state index contributed by atoms with van der Waals surface area (Å²) in [6, 6.07) is 9.59. The fourth-order valence-corrected chi connectivity index (χ4v) is 0.675. The van der Waals surface area contributed by atoms with Crippen LogP contribution in [0.2, 0.25) is 0 Å². The van der Waals surface area contributed by atoms with E-state index < -0.39 is 5.09 Å². The highest BCUT2D eigenvalue weighted by molar-refractivity contribution is 5.16. The average molecular weight is 185 g/mol. The Hall–Kier alpha value is -1.66. The maximum absolute atomic E-state index is 8.36. The van der Waals surface area contributed by atoms with E-state index >= 15 is 0 Å². The van der Waals surface area contributed by atoms with Gasteiger partial charge in [0.1, 0.15) is 0 Å². The van der Waals surface area contributed by atoms with Crippen molar-refractivity contribution in [3.05, 3.63) is 46.0 Å². The lowest BCUT2D eigenvalue weighted by atomic mass is 10.2. The van der Waals surface area contributed by atoms with Gasteiger partial charge in [0.25, 0.3) is 5.09 Å². The maximum Gasteiger partial charge on any atom is 0.291 e. The van der Waals surface area contributed by atoms with Crippen LogP contribution in [-0.2, 0) is 0 Å². The van der Waals surface area contributed by atoms with Crippen molar-refractivity contribution in [1.29, 1.82) is 0 Å². The van der Waals surface area contributed by atoms with Crippen molar-refractivity contribution in [3.63, 3.8) is 0 Å². The first-order valence-electron chi connectivity index (χ1n) is 3.43. The van der Waals surface area contributed by atoms with Crippen molar-refractivity contribution < 1.29 is 10.3 Å². The molecule has 6 heteroatoms. The van der Waals surface area contributed by atoms with Crippen LogP contribution in [0.3, 0.4) is 0 Å². The molecule has 1 aromatic carbocycles. The molecule has 13 heavy (non-hydrogen) atoms. The Kier molecular flexibility index (Phi) is 5.17. The van der Waals surface area contributed by atoms with E-state index in [-0.39, 0.29) is 6.17 Å². The lowest BCUT2D eigenvalue weighted by Gasteiger charge is -2.02. The Morgan fingerprint density at radius 1 is 1.31 bits per heavy atom. The van der Waals surface area contributed by atoms with Gasteiger partial charge in [0.2, 0.25) is 0 Å². The van der Waals surface area contributed by atoms with E-state index in [1.165, 1.54) is 0 Å². The summed E-state index contributed by atoms with van der Waals surface area (Å²) >= 11 is 0. The van der Waals surface area contributed by atoms with Gasteiger partial charge in [-0.25, -0.2) is 0 Å². The highest BCUT2D eigenvalue weighted by Crippen LogP contribution is 2.01. The van der Waals surface area contributed by atoms with E-state index in [1.54, 1.807) is 0 Å². The number of hydrogen-bond donors (Lipinski definition) is 3. The highest BCUT2D eigenvalue weighted by atomic mass is 16.9. The SMILES string of the molecule is NC(N)c1ccccc1.O=[N+]([O-])O. The Labute approximate surface area is 74.9 Å². The van der Waals surface area contributed by atoms with Crippen molar-refractivity contribution in [1.82, 2.24) is 0 Å². The van der Waals surface area contributed by atoms with Gasteiger partial charge < -0.3 is 16.7 Å². The predicted molar refractivity (Wildman–Crippen MR) is 46.3 cm³/mol. The van der Waals surface area contributed by atoms with Crippen LogP contribution in [0.4, 0.5) is 0 Å². The zero-order chi connectivity index (χ0) is 10.3. The van der Waals surface area contributed by atoms with Crippen molar-refractivity contribution >= 4 is 0 Å². The molecule has 72 valence electrons. The van der Waals surface area contributed by atoms with Gasteiger partial charge in [0.05, 0.1) is 6.17 Å². The Bertz CT molecular complexity index is 246. The smallest absolute Gasteiger partial charge is 0.291 e. The van der Waals surface area contributed by atoms with E-state index in [2.05, 4.69) is 0 Å². The van der Waals surface area contributed by atoms with Gasteiger partial charge in [-0.05, 0) is 5.56 Å². The first kappa shape index (κ1) is 11.3. The summed E-state index contributed by atoms with van der Waals surface area (Å²) in [7, 11) is 0. The third kappa shape index (κ3) is 6.73. The molecule has 0 saturated carbocycles. The molecule has 0 heterocycles. The fraction of sp³-hybridized carbons (Fsp3) is 0.143. The molecule has 0 atom stereocenters. The molecule has 5 N–H and O–H groups in total. The van der Waals surface area contributed by atoms with E-state index in [4.69, 9.17) is 26.8 Å². The highest BCUT2D eigenvalue weighted by Gasteiger charge is 1.93. The predicted octanol–water partition coefficient (Wildman–Crippen LogP) is 0.255. The van der Waals surface area contributed by atoms with Crippen LogP contribution in [0.1, 0.15) is 11.7 Å². The zero-order valence-corrected chi connectivity index (χ0v) is 6.83. The fourth-order valence-electron chi connectivity index (χ4n) is 0.675. The van der Waals surface area contributed by atoms with Crippen molar-refractivity contribution in [2.45, 2.75) is 6.17 Å². The Morgan fingerprint density at radius 3 is 1.92 bits per heavy atom. The van der Waals surface area contributed by atoms with Crippen LogP contribution in [0.25, 0.3) is 0 Å². The molecule has 0 radical (unpaired) electrons. The minimum Gasteiger partial charge on any atom is -0.328 e. The maximum atomic E-state index is 8.36. The molecule has 0 amide bonds. The molecule has 0 aliphatic rings. The average Bonchev–Trinajstić information content (AvgIpc) is 2.05. The second-order valence-corrected chi connectivity index (χ2v) is 2.17. The van der Waals surface area contributed by atoms with Gasteiger partial charge in [-0.2, -0.15) is 0 Å². The monoisotopic (exact) mass is 185 g/mol. The molecule has 0 spiro atoms. The van der Waals surface area contributed by atoms with Crippen molar-refractivity contribution in [2.24, 2.45) is 11.5 Å². The van der Waals surface area contributed by atoms with Gasteiger partial charge in [0, 0.05) is 0 Å². The Morgan fingerprint density at radius 2 is 1.69 bits per heavy atom. The molecule has 0 aliphatic heterocycles. The van der Waals surface area contributed by atoms with E-state index in [9.17, 15) is 0 Å². The normalized spacial score (nSPS) is 8.85. The second kappa shape index (κ2) is 5.92. The molecule has 0 aliphatic carbocycles. The molecule has 0 unspecified atom stereocenters. The quantitative estimate of drug-likeness (QED) is 0.329. The number of nitrogens with zero attached hydrogens (tertiary/aromatic N) is 1. The van der Waals surface area contributed by atoms with Crippen LogP contribution in [0.5, 0.6) is 0 Å².